The van der Waals surface area contributed by atoms with Gasteiger partial charge in [-0.15, -0.1) is 0 Å². The lowest BCUT2D eigenvalue weighted by molar-refractivity contribution is -0.132. The zero-order valence-electron chi connectivity index (χ0n) is 12.8. The smallest absolute Gasteiger partial charge is 0.323 e. The van der Waals surface area contributed by atoms with Gasteiger partial charge in [-0.05, 0) is 38.6 Å². The van der Waals surface area contributed by atoms with Gasteiger partial charge in [-0.3, -0.25) is 9.69 Å². The molecule has 3 amide bonds. The molecule has 118 valence electrons. The summed E-state index contributed by atoms with van der Waals surface area (Å²) in [6, 6.07) is 0.511. The van der Waals surface area contributed by atoms with Gasteiger partial charge in [0.2, 0.25) is 0 Å². The number of rotatable bonds is 5. The normalized spacial score (nSPS) is 25.8. The third-order valence-corrected chi connectivity index (χ3v) is 5.02. The van der Waals surface area contributed by atoms with Gasteiger partial charge in [-0.25, -0.2) is 4.79 Å². The molecule has 0 aromatic heterocycles. The van der Waals surface area contributed by atoms with Crippen molar-refractivity contribution in [1.29, 1.82) is 0 Å². The Morgan fingerprint density at radius 2 is 1.76 bits per heavy atom. The van der Waals surface area contributed by atoms with Crippen molar-refractivity contribution in [2.75, 3.05) is 13.1 Å². The van der Waals surface area contributed by atoms with Crippen molar-refractivity contribution in [3.63, 3.8) is 0 Å². The van der Waals surface area contributed by atoms with Crippen molar-refractivity contribution in [3.05, 3.63) is 0 Å². The van der Waals surface area contributed by atoms with Gasteiger partial charge in [0.1, 0.15) is 5.54 Å². The first-order valence-corrected chi connectivity index (χ1v) is 8.59. The molecule has 2 aliphatic carbocycles. The minimum absolute atomic E-state index is 0.0285. The van der Waals surface area contributed by atoms with Crippen LogP contribution in [0.1, 0.15) is 64.2 Å². The second-order valence-corrected chi connectivity index (χ2v) is 6.82. The van der Waals surface area contributed by atoms with E-state index in [0.29, 0.717) is 12.6 Å². The molecule has 0 bridgehead atoms. The predicted molar refractivity (Wildman–Crippen MR) is 80.9 cm³/mol. The molecule has 0 atom stereocenters. The zero-order chi connectivity index (χ0) is 14.7. The molecule has 1 heterocycles. The summed E-state index contributed by atoms with van der Waals surface area (Å²) in [4.78, 5) is 26.3. The molecule has 0 radical (unpaired) electrons. The van der Waals surface area contributed by atoms with E-state index in [4.69, 9.17) is 0 Å². The molecule has 21 heavy (non-hydrogen) atoms. The Morgan fingerprint density at radius 1 is 1.10 bits per heavy atom. The average molecular weight is 293 g/mol. The lowest BCUT2D eigenvalue weighted by atomic mass is 9.84. The first-order valence-electron chi connectivity index (χ1n) is 8.59. The Bertz CT molecular complexity index is 398. The highest BCUT2D eigenvalue weighted by Crippen LogP contribution is 2.32. The van der Waals surface area contributed by atoms with Crippen LogP contribution >= 0.6 is 0 Å². The Balaban J connectivity index is 1.54. The van der Waals surface area contributed by atoms with Crippen LogP contribution in [0.5, 0.6) is 0 Å². The highest BCUT2D eigenvalue weighted by atomic mass is 16.2. The number of amides is 3. The molecule has 5 nitrogen and oxygen atoms in total. The van der Waals surface area contributed by atoms with Crippen LogP contribution in [-0.2, 0) is 4.79 Å². The van der Waals surface area contributed by atoms with Crippen LogP contribution in [0.3, 0.4) is 0 Å². The second-order valence-electron chi connectivity index (χ2n) is 6.82. The Morgan fingerprint density at radius 3 is 2.43 bits per heavy atom. The third-order valence-electron chi connectivity index (χ3n) is 5.02. The van der Waals surface area contributed by atoms with E-state index in [-0.39, 0.29) is 11.9 Å². The molecule has 0 aromatic rings. The fourth-order valence-corrected chi connectivity index (χ4v) is 3.56. The van der Waals surface area contributed by atoms with Crippen LogP contribution in [-0.4, -0.2) is 41.5 Å². The number of nitrogens with one attached hydrogen (secondary N) is 2. The van der Waals surface area contributed by atoms with Crippen molar-refractivity contribution >= 4 is 11.9 Å². The molecular formula is C16H27N3O2. The summed E-state index contributed by atoms with van der Waals surface area (Å²) in [7, 11) is 0. The maximum atomic E-state index is 12.7. The third kappa shape index (κ3) is 3.39. The Labute approximate surface area is 126 Å². The molecule has 0 unspecified atom stereocenters. The fourth-order valence-electron chi connectivity index (χ4n) is 3.56. The van der Waals surface area contributed by atoms with E-state index in [2.05, 4.69) is 10.6 Å². The molecule has 3 rings (SSSR count). The summed E-state index contributed by atoms with van der Waals surface area (Å²) in [6.07, 6.45) is 10.7. The zero-order valence-corrected chi connectivity index (χ0v) is 12.8. The van der Waals surface area contributed by atoms with Gasteiger partial charge in [0.05, 0.1) is 0 Å². The first-order chi connectivity index (χ1) is 10.2. The number of nitrogens with zero attached hydrogens (tertiary/aromatic N) is 1. The van der Waals surface area contributed by atoms with Crippen molar-refractivity contribution < 1.29 is 9.59 Å². The van der Waals surface area contributed by atoms with E-state index < -0.39 is 5.54 Å². The van der Waals surface area contributed by atoms with Crippen molar-refractivity contribution in [2.45, 2.75) is 75.8 Å². The molecule has 2 N–H and O–H groups in total. The van der Waals surface area contributed by atoms with E-state index in [9.17, 15) is 9.59 Å². The fraction of sp³-hybridized carbons (Fsp3) is 0.875. The van der Waals surface area contributed by atoms with E-state index in [0.717, 1.165) is 38.6 Å². The average Bonchev–Trinajstić information content (AvgIpc) is 3.21. The van der Waals surface area contributed by atoms with Crippen LogP contribution in [0.4, 0.5) is 4.79 Å². The van der Waals surface area contributed by atoms with Crippen molar-refractivity contribution in [2.24, 2.45) is 0 Å². The van der Waals surface area contributed by atoms with Gasteiger partial charge in [0, 0.05) is 12.6 Å². The monoisotopic (exact) mass is 293 g/mol. The Hall–Kier alpha value is -1.10. The number of hydrogen-bond acceptors (Lipinski definition) is 3. The van der Waals surface area contributed by atoms with E-state index in [1.165, 1.54) is 37.0 Å². The van der Waals surface area contributed by atoms with Gasteiger partial charge in [0.15, 0.2) is 0 Å². The molecule has 0 aromatic carbocycles. The number of carbonyl (C=O) groups excluding carboxylic acids is 2. The van der Waals surface area contributed by atoms with Gasteiger partial charge in [-0.1, -0.05) is 32.1 Å². The first kappa shape index (κ1) is 14.8. The topological polar surface area (TPSA) is 61.4 Å². The molecular weight excluding hydrogens is 266 g/mol. The van der Waals surface area contributed by atoms with Crippen LogP contribution in [0, 0.1) is 0 Å². The maximum absolute atomic E-state index is 12.7. The van der Waals surface area contributed by atoms with Crippen LogP contribution in [0.2, 0.25) is 0 Å². The maximum Gasteiger partial charge on any atom is 0.325 e. The Kier molecular flexibility index (Phi) is 4.48. The molecule has 1 aliphatic heterocycles. The molecule has 5 heteroatoms. The van der Waals surface area contributed by atoms with Crippen molar-refractivity contribution in [1.82, 2.24) is 15.5 Å². The van der Waals surface area contributed by atoms with E-state index >= 15 is 0 Å². The molecule has 3 aliphatic rings. The highest BCUT2D eigenvalue weighted by molar-refractivity contribution is 6.07. The minimum Gasteiger partial charge on any atom is -0.323 e. The highest BCUT2D eigenvalue weighted by Gasteiger charge is 2.49. The molecule has 2 saturated carbocycles. The summed E-state index contributed by atoms with van der Waals surface area (Å²) in [5, 5.41) is 6.45. The molecule has 3 fully saturated rings. The second kappa shape index (κ2) is 6.34. The number of carbonyl (C=O) groups is 2. The molecule has 1 saturated heterocycles. The lowest BCUT2D eigenvalue weighted by Gasteiger charge is -2.28. The number of imide groups is 1. The van der Waals surface area contributed by atoms with E-state index in [1.54, 1.807) is 0 Å². The van der Waals surface area contributed by atoms with Crippen molar-refractivity contribution in [3.8, 4) is 0 Å². The van der Waals surface area contributed by atoms with Crippen LogP contribution in [0.25, 0.3) is 0 Å². The van der Waals surface area contributed by atoms with E-state index in [1.807, 2.05) is 0 Å². The summed E-state index contributed by atoms with van der Waals surface area (Å²) in [5.41, 5.74) is -0.582. The standard InChI is InChI=1S/C16H27N3O2/c20-14-16(9-4-2-1-3-5-10-16)18-15(21)19(14)12-6-11-17-13-7-8-13/h13,17H,1-12H2,(H,18,21). The minimum atomic E-state index is -0.582. The van der Waals surface area contributed by atoms with Gasteiger partial charge in [-0.2, -0.15) is 0 Å². The summed E-state index contributed by atoms with van der Waals surface area (Å²) < 4.78 is 0. The predicted octanol–water partition coefficient (Wildman–Crippen LogP) is 2.16. The summed E-state index contributed by atoms with van der Waals surface area (Å²) in [5.74, 6) is 0.0285. The SMILES string of the molecule is O=C1NC2(CCCCCCC2)C(=O)N1CCCNC1CC1. The quantitative estimate of drug-likeness (QED) is 0.603. The van der Waals surface area contributed by atoms with Crippen LogP contribution in [0.15, 0.2) is 0 Å². The largest absolute Gasteiger partial charge is 0.325 e. The number of urea groups is 1. The summed E-state index contributed by atoms with van der Waals surface area (Å²) in [6.45, 7) is 1.45. The summed E-state index contributed by atoms with van der Waals surface area (Å²) >= 11 is 0. The van der Waals surface area contributed by atoms with Gasteiger partial charge < -0.3 is 10.6 Å². The number of hydrogen-bond donors (Lipinski definition) is 2. The van der Waals surface area contributed by atoms with Crippen LogP contribution < -0.4 is 10.6 Å². The molecule has 1 spiro atoms. The lowest BCUT2D eigenvalue weighted by Crippen LogP contribution is -2.47. The van der Waals surface area contributed by atoms with Gasteiger partial charge in [0.25, 0.3) is 5.91 Å². The van der Waals surface area contributed by atoms with Gasteiger partial charge >= 0.3 is 6.03 Å².